The summed E-state index contributed by atoms with van der Waals surface area (Å²) in [6.45, 7) is 2.81. The summed E-state index contributed by atoms with van der Waals surface area (Å²) in [4.78, 5) is 4.21. The summed E-state index contributed by atoms with van der Waals surface area (Å²) >= 11 is 0. The Morgan fingerprint density at radius 1 is 1.58 bits per heavy atom. The van der Waals surface area contributed by atoms with Crippen molar-refractivity contribution in [3.05, 3.63) is 11.7 Å². The van der Waals surface area contributed by atoms with Crippen molar-refractivity contribution < 1.29 is 9.26 Å². The Bertz CT molecular complexity index is 253. The molecule has 1 aliphatic rings. The van der Waals surface area contributed by atoms with E-state index in [9.17, 15) is 0 Å². The monoisotopic (exact) mass is 168 g/mol. The minimum atomic E-state index is 0.0778. The minimum Gasteiger partial charge on any atom is -0.370 e. The van der Waals surface area contributed by atoms with Crippen molar-refractivity contribution in [3.63, 3.8) is 0 Å². The van der Waals surface area contributed by atoms with Crippen LogP contribution in [0.5, 0.6) is 0 Å². The molecule has 1 aromatic rings. The summed E-state index contributed by atoms with van der Waals surface area (Å²) in [5.41, 5.74) is 0. The Hall–Kier alpha value is -0.900. The summed E-state index contributed by atoms with van der Waals surface area (Å²) in [5.74, 6) is 1.41. The van der Waals surface area contributed by atoms with E-state index in [1.54, 1.807) is 0 Å². The van der Waals surface area contributed by atoms with Crippen LogP contribution in [-0.4, -0.2) is 16.7 Å². The van der Waals surface area contributed by atoms with Gasteiger partial charge in [-0.15, -0.1) is 0 Å². The second-order valence-electron chi connectivity index (χ2n) is 2.90. The van der Waals surface area contributed by atoms with Crippen LogP contribution in [0.1, 0.15) is 37.6 Å². The van der Waals surface area contributed by atoms with Crippen molar-refractivity contribution >= 4 is 0 Å². The summed E-state index contributed by atoms with van der Waals surface area (Å²) in [6.07, 6.45) is 2.98. The number of hydrogen-bond donors (Lipinski definition) is 0. The molecule has 1 unspecified atom stereocenters. The maximum absolute atomic E-state index is 5.41. The molecule has 0 aliphatic carbocycles. The van der Waals surface area contributed by atoms with E-state index in [0.29, 0.717) is 11.7 Å². The maximum atomic E-state index is 5.41. The smallest absolute Gasteiger partial charge is 0.226 e. The van der Waals surface area contributed by atoms with E-state index in [-0.39, 0.29) is 6.10 Å². The SMILES string of the molecule is CCc1nc(C2CCCO2)no1. The summed E-state index contributed by atoms with van der Waals surface area (Å²) in [5, 5.41) is 3.86. The van der Waals surface area contributed by atoms with Gasteiger partial charge in [0.15, 0.2) is 0 Å². The summed E-state index contributed by atoms with van der Waals surface area (Å²) in [7, 11) is 0. The maximum Gasteiger partial charge on any atom is 0.226 e. The van der Waals surface area contributed by atoms with Crippen molar-refractivity contribution in [3.8, 4) is 0 Å². The van der Waals surface area contributed by atoms with Crippen LogP contribution in [0.2, 0.25) is 0 Å². The molecule has 0 aromatic carbocycles. The molecule has 1 fully saturated rings. The van der Waals surface area contributed by atoms with Crippen molar-refractivity contribution in [2.45, 2.75) is 32.3 Å². The second-order valence-corrected chi connectivity index (χ2v) is 2.90. The van der Waals surface area contributed by atoms with Gasteiger partial charge in [-0.3, -0.25) is 0 Å². The van der Waals surface area contributed by atoms with Crippen LogP contribution in [0.15, 0.2) is 4.52 Å². The van der Waals surface area contributed by atoms with Crippen molar-refractivity contribution in [1.29, 1.82) is 0 Å². The van der Waals surface area contributed by atoms with Gasteiger partial charge >= 0.3 is 0 Å². The molecule has 66 valence electrons. The molecule has 1 aliphatic heterocycles. The predicted molar refractivity (Wildman–Crippen MR) is 41.6 cm³/mol. The van der Waals surface area contributed by atoms with E-state index >= 15 is 0 Å². The van der Waals surface area contributed by atoms with Crippen LogP contribution in [0.4, 0.5) is 0 Å². The van der Waals surface area contributed by atoms with Gasteiger partial charge in [-0.05, 0) is 12.8 Å². The first kappa shape index (κ1) is 7.73. The molecule has 2 rings (SSSR count). The molecule has 0 bridgehead atoms. The first-order chi connectivity index (χ1) is 5.90. The Kier molecular flexibility index (Phi) is 2.08. The molecule has 12 heavy (non-hydrogen) atoms. The molecule has 0 N–H and O–H groups in total. The molecule has 4 heteroatoms. The lowest BCUT2D eigenvalue weighted by atomic mass is 10.2. The van der Waals surface area contributed by atoms with Crippen LogP contribution in [0, 0.1) is 0 Å². The van der Waals surface area contributed by atoms with Gasteiger partial charge in [0.05, 0.1) is 0 Å². The first-order valence-electron chi connectivity index (χ1n) is 4.34. The molecule has 0 spiro atoms. The van der Waals surface area contributed by atoms with Crippen LogP contribution >= 0.6 is 0 Å². The van der Waals surface area contributed by atoms with Crippen molar-refractivity contribution in [1.82, 2.24) is 10.1 Å². The predicted octanol–water partition coefficient (Wildman–Crippen LogP) is 1.48. The van der Waals surface area contributed by atoms with E-state index in [4.69, 9.17) is 9.26 Å². The molecule has 0 saturated carbocycles. The van der Waals surface area contributed by atoms with Gasteiger partial charge in [-0.1, -0.05) is 12.1 Å². The topological polar surface area (TPSA) is 48.2 Å². The third-order valence-corrected chi connectivity index (χ3v) is 2.00. The molecular formula is C8H12N2O2. The summed E-state index contributed by atoms with van der Waals surface area (Å²) < 4.78 is 10.4. The zero-order valence-electron chi connectivity index (χ0n) is 7.12. The van der Waals surface area contributed by atoms with E-state index < -0.39 is 0 Å². The van der Waals surface area contributed by atoms with E-state index in [0.717, 1.165) is 25.9 Å². The van der Waals surface area contributed by atoms with Gasteiger partial charge in [0.1, 0.15) is 6.10 Å². The summed E-state index contributed by atoms with van der Waals surface area (Å²) in [6, 6.07) is 0. The number of rotatable bonds is 2. The van der Waals surface area contributed by atoms with Gasteiger partial charge in [-0.25, -0.2) is 0 Å². The van der Waals surface area contributed by atoms with E-state index in [1.165, 1.54) is 0 Å². The quantitative estimate of drug-likeness (QED) is 0.671. The van der Waals surface area contributed by atoms with Gasteiger partial charge in [0, 0.05) is 13.0 Å². The van der Waals surface area contributed by atoms with Gasteiger partial charge in [0.25, 0.3) is 0 Å². The van der Waals surface area contributed by atoms with E-state index in [2.05, 4.69) is 10.1 Å². The molecule has 0 amide bonds. The number of aryl methyl sites for hydroxylation is 1. The third-order valence-electron chi connectivity index (χ3n) is 2.00. The number of hydrogen-bond acceptors (Lipinski definition) is 4. The largest absolute Gasteiger partial charge is 0.370 e. The molecule has 4 nitrogen and oxygen atoms in total. The lowest BCUT2D eigenvalue weighted by Gasteiger charge is -2.00. The molecule has 2 heterocycles. The first-order valence-corrected chi connectivity index (χ1v) is 4.34. The average molecular weight is 168 g/mol. The fourth-order valence-corrected chi connectivity index (χ4v) is 1.32. The zero-order valence-corrected chi connectivity index (χ0v) is 7.12. The Balaban J connectivity index is 2.11. The van der Waals surface area contributed by atoms with Crippen molar-refractivity contribution in [2.75, 3.05) is 6.61 Å². The Morgan fingerprint density at radius 2 is 2.50 bits per heavy atom. The fraction of sp³-hybridized carbons (Fsp3) is 0.750. The molecule has 1 aromatic heterocycles. The zero-order chi connectivity index (χ0) is 8.39. The average Bonchev–Trinajstić information content (AvgIpc) is 2.75. The number of aromatic nitrogens is 2. The molecule has 1 saturated heterocycles. The lowest BCUT2D eigenvalue weighted by Crippen LogP contribution is -1.98. The van der Waals surface area contributed by atoms with Crippen LogP contribution in [0.3, 0.4) is 0 Å². The molecular weight excluding hydrogens is 156 g/mol. The highest BCUT2D eigenvalue weighted by atomic mass is 16.5. The lowest BCUT2D eigenvalue weighted by molar-refractivity contribution is 0.103. The Labute approximate surface area is 70.9 Å². The normalized spacial score (nSPS) is 23.2. The van der Waals surface area contributed by atoms with Crippen molar-refractivity contribution in [2.24, 2.45) is 0 Å². The highest BCUT2D eigenvalue weighted by molar-refractivity contribution is 4.92. The number of nitrogens with zero attached hydrogens (tertiary/aromatic N) is 2. The van der Waals surface area contributed by atoms with Gasteiger partial charge in [0.2, 0.25) is 11.7 Å². The molecule has 1 atom stereocenters. The number of ether oxygens (including phenoxy) is 1. The minimum absolute atomic E-state index is 0.0778. The third kappa shape index (κ3) is 1.34. The Morgan fingerprint density at radius 3 is 3.08 bits per heavy atom. The highest BCUT2D eigenvalue weighted by Gasteiger charge is 2.22. The van der Waals surface area contributed by atoms with Crippen LogP contribution in [-0.2, 0) is 11.2 Å². The van der Waals surface area contributed by atoms with Gasteiger partial charge < -0.3 is 9.26 Å². The standard InChI is InChI=1S/C8H12N2O2/c1-2-7-9-8(10-12-7)6-4-3-5-11-6/h6H,2-5H2,1H3. The molecule has 0 radical (unpaired) electrons. The van der Waals surface area contributed by atoms with E-state index in [1.807, 2.05) is 6.92 Å². The highest BCUT2D eigenvalue weighted by Crippen LogP contribution is 2.25. The second kappa shape index (κ2) is 3.23. The fourth-order valence-electron chi connectivity index (χ4n) is 1.32. The van der Waals surface area contributed by atoms with Gasteiger partial charge in [-0.2, -0.15) is 4.98 Å². The van der Waals surface area contributed by atoms with Crippen LogP contribution < -0.4 is 0 Å². The van der Waals surface area contributed by atoms with Crippen LogP contribution in [0.25, 0.3) is 0 Å².